The second kappa shape index (κ2) is 5.88. The van der Waals surface area contributed by atoms with Gasteiger partial charge in [0, 0.05) is 11.6 Å². The topological polar surface area (TPSA) is 43.4 Å². The molecule has 0 atom stereocenters. The van der Waals surface area contributed by atoms with Crippen LogP contribution < -0.4 is 5.43 Å². The number of hydrogen-bond acceptors (Lipinski definition) is 3. The molecule has 4 aromatic rings. The van der Waals surface area contributed by atoms with E-state index in [1.54, 1.807) is 0 Å². The van der Waals surface area contributed by atoms with Crippen molar-refractivity contribution in [2.75, 3.05) is 0 Å². The summed E-state index contributed by atoms with van der Waals surface area (Å²) in [7, 11) is 0. The van der Waals surface area contributed by atoms with Crippen molar-refractivity contribution < 1.29 is 35.2 Å². The summed E-state index contributed by atoms with van der Waals surface area (Å²) in [5, 5.41) is 0.0378. The van der Waals surface area contributed by atoms with E-state index in [1.165, 1.54) is 30.3 Å². The molecule has 9 heteroatoms. The molecule has 0 N–H and O–H groups in total. The number of hydrogen-bond donors (Lipinski definition) is 0. The van der Waals surface area contributed by atoms with Gasteiger partial charge < -0.3 is 8.83 Å². The standard InChI is InChI=1S/C19H8F6O3/c20-18(21,22)10-3-1-9(2-4-10)15-7-12-14(27-15)6-5-11-13(26)8-16(19(23,24)25)28-17(11)12/h1-8H. The second-order valence-electron chi connectivity index (χ2n) is 6.01. The summed E-state index contributed by atoms with van der Waals surface area (Å²) < 4.78 is 87.3. The Kier molecular flexibility index (Phi) is 3.81. The van der Waals surface area contributed by atoms with Gasteiger partial charge in [-0.2, -0.15) is 26.3 Å². The van der Waals surface area contributed by atoms with Crippen LogP contribution in [0, 0.1) is 0 Å². The van der Waals surface area contributed by atoms with Crippen LogP contribution in [0.15, 0.2) is 62.2 Å². The zero-order valence-corrected chi connectivity index (χ0v) is 13.6. The lowest BCUT2D eigenvalue weighted by Gasteiger charge is -2.06. The van der Waals surface area contributed by atoms with Gasteiger partial charge in [-0.05, 0) is 30.3 Å². The van der Waals surface area contributed by atoms with Crippen molar-refractivity contribution in [1.29, 1.82) is 0 Å². The summed E-state index contributed by atoms with van der Waals surface area (Å²) in [6.45, 7) is 0. The highest BCUT2D eigenvalue weighted by Gasteiger charge is 2.35. The van der Waals surface area contributed by atoms with Crippen LogP contribution in [0.1, 0.15) is 11.3 Å². The van der Waals surface area contributed by atoms with Crippen LogP contribution in [0.2, 0.25) is 0 Å². The summed E-state index contributed by atoms with van der Waals surface area (Å²) in [4.78, 5) is 12.0. The minimum absolute atomic E-state index is 0.0692. The Hall–Kier alpha value is -3.23. The fourth-order valence-electron chi connectivity index (χ4n) is 2.83. The number of benzene rings is 2. The summed E-state index contributed by atoms with van der Waals surface area (Å²) >= 11 is 0. The molecular formula is C19H8F6O3. The molecule has 0 spiro atoms. The molecular weight excluding hydrogens is 390 g/mol. The zero-order chi connectivity index (χ0) is 20.3. The Morgan fingerprint density at radius 3 is 2.00 bits per heavy atom. The molecule has 2 aromatic carbocycles. The quantitative estimate of drug-likeness (QED) is 0.356. The summed E-state index contributed by atoms with van der Waals surface area (Å²) in [5.74, 6) is -1.33. The molecule has 0 bridgehead atoms. The Morgan fingerprint density at radius 2 is 1.39 bits per heavy atom. The van der Waals surface area contributed by atoms with Gasteiger partial charge in [-0.15, -0.1) is 0 Å². The summed E-state index contributed by atoms with van der Waals surface area (Å²) in [6, 6.07) is 8.43. The van der Waals surface area contributed by atoms with Gasteiger partial charge in [0.1, 0.15) is 16.9 Å². The highest BCUT2D eigenvalue weighted by molar-refractivity contribution is 6.03. The molecule has 144 valence electrons. The lowest BCUT2D eigenvalue weighted by Crippen LogP contribution is -2.10. The van der Waals surface area contributed by atoms with Crippen molar-refractivity contribution in [2.24, 2.45) is 0 Å². The van der Waals surface area contributed by atoms with Gasteiger partial charge in [0.05, 0.1) is 16.3 Å². The maximum absolute atomic E-state index is 13.0. The molecule has 2 heterocycles. The van der Waals surface area contributed by atoms with Crippen LogP contribution in [0.25, 0.3) is 33.3 Å². The third-order valence-electron chi connectivity index (χ3n) is 4.17. The second-order valence-corrected chi connectivity index (χ2v) is 6.01. The average Bonchev–Trinajstić information content (AvgIpc) is 3.05. The lowest BCUT2D eigenvalue weighted by atomic mass is 10.1. The number of halogens is 6. The van der Waals surface area contributed by atoms with Crippen LogP contribution in [0.4, 0.5) is 26.3 Å². The Balaban J connectivity index is 1.90. The van der Waals surface area contributed by atoms with E-state index in [2.05, 4.69) is 0 Å². The Bertz CT molecular complexity index is 1240. The van der Waals surface area contributed by atoms with E-state index in [9.17, 15) is 31.1 Å². The van der Waals surface area contributed by atoms with E-state index in [4.69, 9.17) is 8.83 Å². The molecule has 4 rings (SSSR count). The van der Waals surface area contributed by atoms with Crippen molar-refractivity contribution in [3.05, 3.63) is 70.1 Å². The van der Waals surface area contributed by atoms with Crippen molar-refractivity contribution in [3.8, 4) is 11.3 Å². The lowest BCUT2D eigenvalue weighted by molar-refractivity contribution is -0.152. The molecule has 0 unspecified atom stereocenters. The molecule has 0 aliphatic rings. The van der Waals surface area contributed by atoms with E-state index in [0.717, 1.165) is 12.1 Å². The minimum Gasteiger partial charge on any atom is -0.456 e. The molecule has 0 aliphatic carbocycles. The van der Waals surface area contributed by atoms with Crippen molar-refractivity contribution >= 4 is 21.9 Å². The van der Waals surface area contributed by atoms with E-state index < -0.39 is 29.1 Å². The summed E-state index contributed by atoms with van der Waals surface area (Å²) in [6.07, 6.45) is -9.35. The average molecular weight is 398 g/mol. The molecule has 0 aliphatic heterocycles. The van der Waals surface area contributed by atoms with Crippen LogP contribution in [-0.4, -0.2) is 0 Å². The zero-order valence-electron chi connectivity index (χ0n) is 13.6. The van der Waals surface area contributed by atoms with Gasteiger partial charge in [-0.3, -0.25) is 4.79 Å². The van der Waals surface area contributed by atoms with Gasteiger partial charge >= 0.3 is 12.4 Å². The fourth-order valence-corrected chi connectivity index (χ4v) is 2.83. The molecule has 28 heavy (non-hydrogen) atoms. The third kappa shape index (κ3) is 3.02. The molecule has 0 fully saturated rings. The van der Waals surface area contributed by atoms with Crippen LogP contribution >= 0.6 is 0 Å². The normalized spacial score (nSPS) is 12.8. The Morgan fingerprint density at radius 1 is 0.714 bits per heavy atom. The molecule has 0 saturated heterocycles. The highest BCUT2D eigenvalue weighted by Crippen LogP contribution is 2.36. The predicted molar refractivity (Wildman–Crippen MR) is 87.7 cm³/mol. The number of rotatable bonds is 1. The fraction of sp³-hybridized carbons (Fsp3) is 0.105. The predicted octanol–water partition coefficient (Wildman–Crippen LogP) is 6.24. The first kappa shape index (κ1) is 18.1. The SMILES string of the molecule is O=c1cc(C(F)(F)F)oc2c1ccc1oc(-c3ccc(C(F)(F)F)cc3)cc12. The maximum Gasteiger partial charge on any atom is 0.449 e. The number of fused-ring (bicyclic) bond motifs is 3. The number of alkyl halides is 6. The van der Waals surface area contributed by atoms with Gasteiger partial charge in [-0.1, -0.05) is 12.1 Å². The third-order valence-corrected chi connectivity index (χ3v) is 4.17. The van der Waals surface area contributed by atoms with Crippen molar-refractivity contribution in [1.82, 2.24) is 0 Å². The molecule has 0 saturated carbocycles. The molecule has 2 aromatic heterocycles. The first-order valence-electron chi connectivity index (χ1n) is 7.79. The van der Waals surface area contributed by atoms with Crippen LogP contribution in [0.5, 0.6) is 0 Å². The smallest absolute Gasteiger partial charge is 0.449 e. The summed E-state index contributed by atoms with van der Waals surface area (Å²) in [5.41, 5.74) is -1.61. The van der Waals surface area contributed by atoms with E-state index in [-0.39, 0.29) is 33.3 Å². The monoisotopic (exact) mass is 398 g/mol. The van der Waals surface area contributed by atoms with E-state index in [1.807, 2.05) is 0 Å². The van der Waals surface area contributed by atoms with Gasteiger partial charge in [-0.25, -0.2) is 0 Å². The largest absolute Gasteiger partial charge is 0.456 e. The Labute approximate surface area is 151 Å². The molecule has 0 radical (unpaired) electrons. The van der Waals surface area contributed by atoms with E-state index in [0.29, 0.717) is 6.07 Å². The number of furan rings is 1. The minimum atomic E-state index is -4.85. The maximum atomic E-state index is 13.0. The van der Waals surface area contributed by atoms with Crippen LogP contribution in [-0.2, 0) is 12.4 Å². The first-order valence-corrected chi connectivity index (χ1v) is 7.79. The van der Waals surface area contributed by atoms with E-state index >= 15 is 0 Å². The highest BCUT2D eigenvalue weighted by atomic mass is 19.4. The van der Waals surface area contributed by atoms with Gasteiger partial charge in [0.2, 0.25) is 5.76 Å². The first-order chi connectivity index (χ1) is 13.0. The van der Waals surface area contributed by atoms with Crippen molar-refractivity contribution in [3.63, 3.8) is 0 Å². The van der Waals surface area contributed by atoms with Gasteiger partial charge in [0.25, 0.3) is 0 Å². The van der Waals surface area contributed by atoms with Crippen LogP contribution in [0.3, 0.4) is 0 Å². The van der Waals surface area contributed by atoms with Gasteiger partial charge in [0.15, 0.2) is 5.43 Å². The molecule has 0 amide bonds. The van der Waals surface area contributed by atoms with Crippen molar-refractivity contribution in [2.45, 2.75) is 12.4 Å². The molecule has 3 nitrogen and oxygen atoms in total.